The van der Waals surface area contributed by atoms with Crippen molar-refractivity contribution in [1.82, 2.24) is 24.5 Å². The molecule has 0 N–H and O–H groups in total. The summed E-state index contributed by atoms with van der Waals surface area (Å²) in [6, 6.07) is 51.5. The molecule has 250 valence electrons. The first-order valence-electron chi connectivity index (χ1n) is 17.9. The van der Waals surface area contributed by atoms with E-state index in [9.17, 15) is 0 Å². The van der Waals surface area contributed by atoms with Gasteiger partial charge in [-0.25, -0.2) is 19.9 Å². The summed E-state index contributed by atoms with van der Waals surface area (Å²) in [4.78, 5) is 20.6. The number of para-hydroxylation sites is 1. The summed E-state index contributed by atoms with van der Waals surface area (Å²) in [5.74, 6) is 2.01. The number of rotatable bonds is 4. The molecule has 6 heteroatoms. The number of benzene rings is 6. The van der Waals surface area contributed by atoms with Gasteiger partial charge < -0.3 is 0 Å². The molecule has 5 nitrogen and oxygen atoms in total. The summed E-state index contributed by atoms with van der Waals surface area (Å²) in [5, 5.41) is 4.76. The van der Waals surface area contributed by atoms with Crippen LogP contribution >= 0.6 is 11.3 Å². The lowest BCUT2D eigenvalue weighted by atomic mass is 9.80. The average molecular weight is 698 g/mol. The van der Waals surface area contributed by atoms with Crippen molar-refractivity contribution in [3.05, 3.63) is 163 Å². The van der Waals surface area contributed by atoms with Crippen LogP contribution < -0.4 is 0 Å². The highest BCUT2D eigenvalue weighted by Gasteiger charge is 2.39. The normalized spacial score (nSPS) is 13.2. The summed E-state index contributed by atoms with van der Waals surface area (Å²) in [6.45, 7) is 4.65. The minimum Gasteiger partial charge on any atom is -0.294 e. The SMILES string of the molecule is CC1(C)c2cc(-n3c4ccccc4c4cccnc43)ccc2-c2cccc(-c3nc(-c4ccccc4)nc(-c4cccc5sc6ccccc6c45)n3)c21. The molecule has 0 aliphatic heterocycles. The zero-order valence-corrected chi connectivity index (χ0v) is 29.9. The first kappa shape index (κ1) is 30.2. The molecule has 0 saturated heterocycles. The van der Waals surface area contributed by atoms with Crippen molar-refractivity contribution < 1.29 is 0 Å². The summed E-state index contributed by atoms with van der Waals surface area (Å²) >= 11 is 1.80. The highest BCUT2D eigenvalue weighted by atomic mass is 32.1. The third-order valence-electron chi connectivity index (χ3n) is 10.9. The molecule has 1 aliphatic carbocycles. The average Bonchev–Trinajstić information content (AvgIpc) is 3.83. The molecule has 0 radical (unpaired) electrons. The third-order valence-corrected chi connectivity index (χ3v) is 12.0. The van der Waals surface area contributed by atoms with Crippen LogP contribution in [0.25, 0.3) is 93.1 Å². The van der Waals surface area contributed by atoms with E-state index in [-0.39, 0.29) is 5.41 Å². The monoisotopic (exact) mass is 697 g/mol. The molecule has 0 fully saturated rings. The fourth-order valence-corrected chi connectivity index (χ4v) is 9.68. The lowest BCUT2D eigenvalue weighted by Crippen LogP contribution is -2.17. The summed E-state index contributed by atoms with van der Waals surface area (Å²) < 4.78 is 4.77. The van der Waals surface area contributed by atoms with Crippen LogP contribution in [0.4, 0.5) is 0 Å². The van der Waals surface area contributed by atoms with E-state index in [1.165, 1.54) is 47.8 Å². The number of hydrogen-bond acceptors (Lipinski definition) is 5. The van der Waals surface area contributed by atoms with Gasteiger partial charge in [-0.05, 0) is 64.7 Å². The molecule has 1 aliphatic rings. The second-order valence-corrected chi connectivity index (χ2v) is 15.3. The van der Waals surface area contributed by atoms with E-state index in [1.54, 1.807) is 11.3 Å². The van der Waals surface area contributed by atoms with E-state index in [0.717, 1.165) is 38.9 Å². The Morgan fingerprint density at radius 1 is 0.528 bits per heavy atom. The van der Waals surface area contributed by atoms with Crippen LogP contribution in [0.2, 0.25) is 0 Å². The van der Waals surface area contributed by atoms with Crippen LogP contribution in [0.1, 0.15) is 25.0 Å². The highest BCUT2D eigenvalue weighted by Crippen LogP contribution is 2.53. The molecule has 0 spiro atoms. The number of aromatic nitrogens is 5. The minimum atomic E-state index is -0.341. The molecular formula is C47H31N5S. The Kier molecular flexibility index (Phi) is 6.40. The van der Waals surface area contributed by atoms with Gasteiger partial charge in [0.25, 0.3) is 0 Å². The maximum absolute atomic E-state index is 5.34. The number of thiophene rings is 1. The molecule has 11 rings (SSSR count). The fourth-order valence-electron chi connectivity index (χ4n) is 8.55. The molecular weight excluding hydrogens is 667 g/mol. The van der Waals surface area contributed by atoms with Gasteiger partial charge in [-0.1, -0.05) is 117 Å². The van der Waals surface area contributed by atoms with Crippen LogP contribution in [-0.4, -0.2) is 24.5 Å². The second-order valence-electron chi connectivity index (χ2n) is 14.3. The predicted molar refractivity (Wildman–Crippen MR) is 219 cm³/mol. The molecule has 53 heavy (non-hydrogen) atoms. The lowest BCUT2D eigenvalue weighted by Gasteiger charge is -2.24. The van der Waals surface area contributed by atoms with E-state index in [4.69, 9.17) is 19.9 Å². The van der Waals surface area contributed by atoms with Gasteiger partial charge in [0.15, 0.2) is 17.5 Å². The predicted octanol–water partition coefficient (Wildman–Crippen LogP) is 12.0. The van der Waals surface area contributed by atoms with Gasteiger partial charge in [0.1, 0.15) is 5.65 Å². The van der Waals surface area contributed by atoms with Gasteiger partial charge in [-0.15, -0.1) is 11.3 Å². The van der Waals surface area contributed by atoms with Crippen molar-refractivity contribution in [3.63, 3.8) is 0 Å². The number of nitrogens with zero attached hydrogens (tertiary/aromatic N) is 5. The topological polar surface area (TPSA) is 56.5 Å². The van der Waals surface area contributed by atoms with Crippen molar-refractivity contribution in [3.8, 4) is 51.0 Å². The van der Waals surface area contributed by atoms with Gasteiger partial charge >= 0.3 is 0 Å². The van der Waals surface area contributed by atoms with Gasteiger partial charge in [-0.3, -0.25) is 4.57 Å². The van der Waals surface area contributed by atoms with E-state index in [2.05, 4.69) is 140 Å². The maximum Gasteiger partial charge on any atom is 0.164 e. The van der Waals surface area contributed by atoms with Crippen molar-refractivity contribution in [1.29, 1.82) is 0 Å². The van der Waals surface area contributed by atoms with Gasteiger partial charge in [0.05, 0.1) is 5.52 Å². The molecule has 0 atom stereocenters. The van der Waals surface area contributed by atoms with E-state index in [0.29, 0.717) is 17.5 Å². The lowest BCUT2D eigenvalue weighted by molar-refractivity contribution is 0.660. The maximum atomic E-state index is 5.34. The van der Waals surface area contributed by atoms with Crippen LogP contribution in [-0.2, 0) is 5.41 Å². The molecule has 0 unspecified atom stereocenters. The van der Waals surface area contributed by atoms with Crippen LogP contribution in [0.15, 0.2) is 152 Å². The largest absolute Gasteiger partial charge is 0.294 e. The zero-order chi connectivity index (χ0) is 35.3. The summed E-state index contributed by atoms with van der Waals surface area (Å²) in [7, 11) is 0. The zero-order valence-electron chi connectivity index (χ0n) is 29.1. The fraction of sp³-hybridized carbons (Fsp3) is 0.0638. The summed E-state index contributed by atoms with van der Waals surface area (Å²) in [6.07, 6.45) is 1.88. The molecule has 0 amide bonds. The van der Waals surface area contributed by atoms with E-state index in [1.807, 2.05) is 30.5 Å². The van der Waals surface area contributed by atoms with Crippen molar-refractivity contribution in [2.75, 3.05) is 0 Å². The Labute approximate surface area is 309 Å². The van der Waals surface area contributed by atoms with Gasteiger partial charge in [0.2, 0.25) is 0 Å². The Morgan fingerprint density at radius 2 is 1.21 bits per heavy atom. The van der Waals surface area contributed by atoms with E-state index < -0.39 is 0 Å². The van der Waals surface area contributed by atoms with Crippen molar-refractivity contribution >= 4 is 53.4 Å². The van der Waals surface area contributed by atoms with Crippen molar-refractivity contribution in [2.24, 2.45) is 0 Å². The minimum absolute atomic E-state index is 0.341. The van der Waals surface area contributed by atoms with E-state index >= 15 is 0 Å². The Hall–Kier alpha value is -6.50. The van der Waals surface area contributed by atoms with Crippen molar-refractivity contribution in [2.45, 2.75) is 19.3 Å². The Balaban J connectivity index is 1.12. The molecule has 4 heterocycles. The third kappa shape index (κ3) is 4.42. The molecule has 0 bridgehead atoms. The van der Waals surface area contributed by atoms with Gasteiger partial charge in [-0.2, -0.15) is 0 Å². The first-order valence-corrected chi connectivity index (χ1v) is 18.7. The number of pyridine rings is 1. The van der Waals surface area contributed by atoms with Crippen LogP contribution in [0.3, 0.4) is 0 Å². The molecule has 0 saturated carbocycles. The molecule has 10 aromatic rings. The van der Waals surface area contributed by atoms with Gasteiger partial charge in [0, 0.05) is 64.9 Å². The first-order chi connectivity index (χ1) is 26.0. The number of fused-ring (bicyclic) bond motifs is 9. The smallest absolute Gasteiger partial charge is 0.164 e. The number of hydrogen-bond donors (Lipinski definition) is 0. The van der Waals surface area contributed by atoms with Crippen LogP contribution in [0, 0.1) is 0 Å². The summed E-state index contributed by atoms with van der Waals surface area (Å²) in [5.41, 5.74) is 10.8. The standard InChI is InChI=1S/C47H31N5S/c1-47(2)37-27-29(52-38-21-8-6-15-31(38)33-20-12-26-48-46(33)52)24-25-30(37)32-17-10-19-36(42(32)47)45-50-43(28-13-4-3-5-14-28)49-44(51-45)35-18-11-23-40-41(35)34-16-7-9-22-39(34)53-40/h3-27H,1-2H3. The molecule has 4 aromatic heterocycles. The highest BCUT2D eigenvalue weighted by molar-refractivity contribution is 7.25. The Bertz CT molecular complexity index is 3050. The Morgan fingerprint density at radius 3 is 2.09 bits per heavy atom. The second kappa shape index (κ2) is 11.2. The quantitative estimate of drug-likeness (QED) is 0.184. The molecule has 6 aromatic carbocycles. The van der Waals surface area contributed by atoms with Crippen LogP contribution in [0.5, 0.6) is 0 Å².